The number of halogens is 2. The van der Waals surface area contributed by atoms with Crippen LogP contribution in [0.25, 0.3) is 33.8 Å². The third-order valence-electron chi connectivity index (χ3n) is 7.21. The summed E-state index contributed by atoms with van der Waals surface area (Å²) in [7, 11) is 2.10. The van der Waals surface area contributed by atoms with Crippen LogP contribution >= 0.6 is 0 Å². The minimum Gasteiger partial charge on any atom is -0.461 e. The van der Waals surface area contributed by atoms with Crippen molar-refractivity contribution in [3.05, 3.63) is 82.3 Å². The van der Waals surface area contributed by atoms with Gasteiger partial charge in [-0.25, -0.2) is 4.79 Å². The van der Waals surface area contributed by atoms with E-state index in [1.54, 1.807) is 16.7 Å². The second kappa shape index (κ2) is 9.68. The van der Waals surface area contributed by atoms with E-state index in [9.17, 15) is 13.6 Å². The van der Waals surface area contributed by atoms with Crippen LogP contribution in [-0.4, -0.2) is 44.4 Å². The van der Waals surface area contributed by atoms with Crippen LogP contribution < -0.4 is 5.69 Å². The van der Waals surface area contributed by atoms with Crippen LogP contribution in [0.3, 0.4) is 0 Å². The summed E-state index contributed by atoms with van der Waals surface area (Å²) in [4.78, 5) is 16.2. The van der Waals surface area contributed by atoms with Gasteiger partial charge in [0.25, 0.3) is 5.89 Å². The van der Waals surface area contributed by atoms with E-state index in [2.05, 4.69) is 22.1 Å². The van der Waals surface area contributed by atoms with Gasteiger partial charge < -0.3 is 13.7 Å². The first-order chi connectivity index (χ1) is 18.4. The lowest BCUT2D eigenvalue weighted by Gasteiger charge is -2.29. The van der Waals surface area contributed by atoms with Gasteiger partial charge in [-0.1, -0.05) is 12.1 Å². The standard InChI is InChI=1S/C28H27F2N5O3/c1-17-3-10-24(37-17)20-8-9-22-23(15-20)34(28(36)35(22)21-11-13-33(2)14-12-21)16-18-4-6-19(7-5-18)26-31-32-27(38-26)25(29)30/h3-10,15,21,25H,11-14,16H2,1-2H3. The lowest BCUT2D eigenvalue weighted by molar-refractivity contribution is 0.116. The quantitative estimate of drug-likeness (QED) is 0.287. The number of alkyl halides is 2. The largest absolute Gasteiger partial charge is 0.461 e. The maximum atomic E-state index is 13.9. The van der Waals surface area contributed by atoms with Crippen LogP contribution in [0.2, 0.25) is 0 Å². The molecule has 0 spiro atoms. The summed E-state index contributed by atoms with van der Waals surface area (Å²) in [6.07, 6.45) is -0.998. The second-order valence-corrected chi connectivity index (χ2v) is 9.83. The molecule has 8 nitrogen and oxygen atoms in total. The third-order valence-corrected chi connectivity index (χ3v) is 7.21. The van der Waals surface area contributed by atoms with E-state index < -0.39 is 12.3 Å². The molecule has 1 fully saturated rings. The molecule has 0 unspecified atom stereocenters. The van der Waals surface area contributed by atoms with E-state index in [0.29, 0.717) is 12.1 Å². The molecule has 3 aromatic heterocycles. The first-order valence-corrected chi connectivity index (χ1v) is 12.6. The Morgan fingerprint density at radius 2 is 1.68 bits per heavy atom. The van der Waals surface area contributed by atoms with E-state index in [4.69, 9.17) is 8.83 Å². The van der Waals surface area contributed by atoms with E-state index in [1.165, 1.54) is 0 Å². The monoisotopic (exact) mass is 519 g/mol. The van der Waals surface area contributed by atoms with Gasteiger partial charge in [0.05, 0.1) is 17.6 Å². The Morgan fingerprint density at radius 3 is 2.34 bits per heavy atom. The predicted octanol–water partition coefficient (Wildman–Crippen LogP) is 5.67. The Kier molecular flexibility index (Phi) is 6.19. The molecule has 5 aromatic rings. The van der Waals surface area contributed by atoms with Crippen molar-refractivity contribution >= 4 is 11.0 Å². The molecule has 0 bridgehead atoms. The van der Waals surface area contributed by atoms with Crippen molar-refractivity contribution in [3.63, 3.8) is 0 Å². The van der Waals surface area contributed by atoms with E-state index in [1.807, 2.05) is 54.0 Å². The van der Waals surface area contributed by atoms with Crippen molar-refractivity contribution in [2.24, 2.45) is 0 Å². The minimum absolute atomic E-state index is 0.0290. The molecular weight excluding hydrogens is 492 g/mol. The molecule has 0 saturated carbocycles. The maximum Gasteiger partial charge on any atom is 0.329 e. The number of rotatable bonds is 6. The van der Waals surface area contributed by atoms with E-state index >= 15 is 0 Å². The molecule has 1 aliphatic heterocycles. The van der Waals surface area contributed by atoms with Crippen LogP contribution in [0.1, 0.15) is 42.5 Å². The molecule has 0 aliphatic carbocycles. The lowest BCUT2D eigenvalue weighted by Crippen LogP contribution is -2.36. The first kappa shape index (κ1) is 24.3. The SMILES string of the molecule is Cc1ccc(-c2ccc3c(c2)n(Cc2ccc(-c4nnc(C(F)F)o4)cc2)c(=O)n3C2CCN(C)CC2)o1. The number of fused-ring (bicyclic) bond motifs is 1. The summed E-state index contributed by atoms with van der Waals surface area (Å²) in [6, 6.07) is 17.2. The van der Waals surface area contributed by atoms with Crippen molar-refractivity contribution < 1.29 is 17.6 Å². The molecule has 10 heteroatoms. The summed E-state index contributed by atoms with van der Waals surface area (Å²) in [6.45, 7) is 4.14. The fourth-order valence-electron chi connectivity index (χ4n) is 5.16. The summed E-state index contributed by atoms with van der Waals surface area (Å²) in [5, 5.41) is 7.10. The number of hydrogen-bond donors (Lipinski definition) is 0. The average molecular weight is 520 g/mol. The van der Waals surface area contributed by atoms with Gasteiger partial charge in [-0.05, 0) is 87.9 Å². The molecule has 1 saturated heterocycles. The number of aryl methyl sites for hydroxylation is 1. The molecule has 0 atom stereocenters. The van der Waals surface area contributed by atoms with Gasteiger partial charge in [-0.2, -0.15) is 8.78 Å². The van der Waals surface area contributed by atoms with Gasteiger partial charge >= 0.3 is 12.1 Å². The molecule has 38 heavy (non-hydrogen) atoms. The Labute approximate surface area is 217 Å². The Balaban J connectivity index is 1.39. The summed E-state index contributed by atoms with van der Waals surface area (Å²) >= 11 is 0. The van der Waals surface area contributed by atoms with Gasteiger partial charge in [-0.15, -0.1) is 10.2 Å². The van der Waals surface area contributed by atoms with Crippen molar-refractivity contribution in [2.45, 2.75) is 38.8 Å². The number of benzene rings is 2. The van der Waals surface area contributed by atoms with E-state index in [0.717, 1.165) is 59.6 Å². The number of furan rings is 1. The topological polar surface area (TPSA) is 82.2 Å². The van der Waals surface area contributed by atoms with Crippen molar-refractivity contribution in [3.8, 4) is 22.8 Å². The maximum absolute atomic E-state index is 13.9. The summed E-state index contributed by atoms with van der Waals surface area (Å²) in [5.74, 6) is 0.895. The Bertz CT molecular complexity index is 1640. The fraction of sp³-hybridized carbons (Fsp3) is 0.321. The highest BCUT2D eigenvalue weighted by Gasteiger charge is 2.25. The van der Waals surface area contributed by atoms with Crippen LogP contribution in [0, 0.1) is 6.92 Å². The smallest absolute Gasteiger partial charge is 0.329 e. The van der Waals surface area contributed by atoms with Crippen LogP contribution in [0.5, 0.6) is 0 Å². The summed E-state index contributed by atoms with van der Waals surface area (Å²) < 4.78 is 40.3. The highest BCUT2D eigenvalue weighted by atomic mass is 19.3. The third kappa shape index (κ3) is 4.45. The zero-order chi connectivity index (χ0) is 26.4. The van der Waals surface area contributed by atoms with Crippen LogP contribution in [0.15, 0.2) is 68.2 Å². The second-order valence-electron chi connectivity index (χ2n) is 9.83. The van der Waals surface area contributed by atoms with Crippen molar-refractivity contribution in [1.29, 1.82) is 0 Å². The van der Waals surface area contributed by atoms with Gasteiger partial charge in [0.1, 0.15) is 11.5 Å². The highest BCUT2D eigenvalue weighted by molar-refractivity contribution is 5.82. The molecule has 0 N–H and O–H groups in total. The number of likely N-dealkylation sites (tertiary alicyclic amines) is 1. The Hall–Kier alpha value is -4.05. The van der Waals surface area contributed by atoms with Crippen molar-refractivity contribution in [2.75, 3.05) is 20.1 Å². The van der Waals surface area contributed by atoms with Crippen LogP contribution in [0.4, 0.5) is 8.78 Å². The molecule has 0 amide bonds. The first-order valence-electron chi connectivity index (χ1n) is 12.6. The molecule has 2 aromatic carbocycles. The number of hydrogen-bond acceptors (Lipinski definition) is 6. The fourth-order valence-corrected chi connectivity index (χ4v) is 5.16. The number of nitrogens with zero attached hydrogens (tertiary/aromatic N) is 5. The molecule has 1 aliphatic rings. The number of piperidine rings is 1. The minimum atomic E-state index is -2.82. The lowest BCUT2D eigenvalue weighted by atomic mass is 10.0. The normalized spacial score (nSPS) is 15.2. The van der Waals surface area contributed by atoms with Crippen molar-refractivity contribution in [1.82, 2.24) is 24.2 Å². The number of imidazole rings is 1. The number of aromatic nitrogens is 4. The van der Waals surface area contributed by atoms with E-state index in [-0.39, 0.29) is 17.6 Å². The zero-order valence-electron chi connectivity index (χ0n) is 21.1. The molecule has 0 radical (unpaired) electrons. The molecular formula is C28H27F2N5O3. The van der Waals surface area contributed by atoms with Gasteiger partial charge in [0, 0.05) is 17.2 Å². The zero-order valence-corrected chi connectivity index (χ0v) is 21.1. The predicted molar refractivity (Wildman–Crippen MR) is 138 cm³/mol. The van der Waals surface area contributed by atoms with Gasteiger partial charge in [0.15, 0.2) is 0 Å². The van der Waals surface area contributed by atoms with Gasteiger partial charge in [-0.3, -0.25) is 9.13 Å². The molecule has 4 heterocycles. The van der Waals surface area contributed by atoms with Gasteiger partial charge in [0.2, 0.25) is 5.89 Å². The molecule has 6 rings (SSSR count). The highest BCUT2D eigenvalue weighted by Crippen LogP contribution is 2.30. The van der Waals surface area contributed by atoms with Crippen LogP contribution in [-0.2, 0) is 6.54 Å². The summed E-state index contributed by atoms with van der Waals surface area (Å²) in [5.41, 5.74) is 4.00. The average Bonchev–Trinajstić information content (AvgIpc) is 3.64. The Morgan fingerprint density at radius 1 is 0.947 bits per heavy atom. The molecule has 196 valence electrons.